The van der Waals surface area contributed by atoms with Crippen molar-refractivity contribution in [3.05, 3.63) is 76.5 Å². The van der Waals surface area contributed by atoms with E-state index < -0.39 is 0 Å². The normalized spacial score (nSPS) is 11.7. The van der Waals surface area contributed by atoms with E-state index in [-0.39, 0.29) is 0 Å². The zero-order valence-corrected chi connectivity index (χ0v) is 18.7. The number of anilines is 1. The summed E-state index contributed by atoms with van der Waals surface area (Å²) in [6.45, 7) is 6.22. The zero-order valence-electron chi connectivity index (χ0n) is 18.7. The molecule has 0 radical (unpaired) electrons. The highest BCUT2D eigenvalue weighted by Gasteiger charge is 2.24. The Kier molecular flexibility index (Phi) is 4.67. The topological polar surface area (TPSA) is 73.0 Å². The Morgan fingerprint density at radius 3 is 2.69 bits per heavy atom. The Balaban J connectivity index is 1.70. The number of nitrogens with one attached hydrogen (secondary N) is 2. The van der Waals surface area contributed by atoms with Gasteiger partial charge in [0.15, 0.2) is 0 Å². The van der Waals surface area contributed by atoms with Crippen LogP contribution in [0.4, 0.5) is 5.82 Å². The van der Waals surface area contributed by atoms with Crippen molar-refractivity contribution in [2.75, 3.05) is 5.43 Å². The van der Waals surface area contributed by atoms with E-state index in [9.17, 15) is 5.26 Å². The number of fused-ring (bicyclic) bond motifs is 4. The number of hydrazone groups is 1. The third-order valence-electron chi connectivity index (χ3n) is 6.47. The van der Waals surface area contributed by atoms with E-state index in [1.54, 1.807) is 0 Å². The number of hydrogen-bond donors (Lipinski definition) is 2. The fourth-order valence-corrected chi connectivity index (χ4v) is 4.68. The smallest absolute Gasteiger partial charge is 0.253 e. The zero-order chi connectivity index (χ0) is 22.4. The van der Waals surface area contributed by atoms with Gasteiger partial charge in [-0.2, -0.15) is 15.1 Å². The molecule has 0 unspecified atom stereocenters. The SMILES string of the molecule is CCc1c(C)c(C#N)c2[nH]c3ccccc3[n+]2c1NN=Cc1c(C)n(C)c2ccccc12. The van der Waals surface area contributed by atoms with Crippen LogP contribution >= 0.6 is 0 Å². The van der Waals surface area contributed by atoms with Crippen LogP contribution < -0.4 is 9.83 Å². The van der Waals surface area contributed by atoms with E-state index in [4.69, 9.17) is 0 Å². The van der Waals surface area contributed by atoms with Crippen molar-refractivity contribution in [3.63, 3.8) is 0 Å². The lowest BCUT2D eigenvalue weighted by molar-refractivity contribution is -0.465. The van der Waals surface area contributed by atoms with Crippen LogP contribution in [-0.2, 0) is 13.5 Å². The maximum Gasteiger partial charge on any atom is 0.253 e. The molecule has 3 aromatic heterocycles. The second kappa shape index (κ2) is 7.54. The van der Waals surface area contributed by atoms with Crippen molar-refractivity contribution in [2.24, 2.45) is 12.1 Å². The number of para-hydroxylation sites is 3. The van der Waals surface area contributed by atoms with Crippen molar-refractivity contribution < 1.29 is 4.40 Å². The monoisotopic (exact) mass is 421 g/mol. The lowest BCUT2D eigenvalue weighted by atomic mass is 10.0. The predicted octanol–water partition coefficient (Wildman–Crippen LogP) is 4.90. The Hall–Kier alpha value is -4.11. The van der Waals surface area contributed by atoms with E-state index in [0.29, 0.717) is 5.56 Å². The number of aryl methyl sites for hydroxylation is 1. The van der Waals surface area contributed by atoms with E-state index in [1.807, 2.05) is 31.3 Å². The number of benzene rings is 2. The lowest BCUT2D eigenvalue weighted by Gasteiger charge is -2.10. The van der Waals surface area contributed by atoms with Crippen LogP contribution in [0.2, 0.25) is 0 Å². The predicted molar refractivity (Wildman–Crippen MR) is 129 cm³/mol. The molecule has 5 aromatic rings. The van der Waals surface area contributed by atoms with Gasteiger partial charge in [0.1, 0.15) is 22.7 Å². The summed E-state index contributed by atoms with van der Waals surface area (Å²) in [7, 11) is 2.08. The largest absolute Gasteiger partial charge is 0.347 e. The lowest BCUT2D eigenvalue weighted by Crippen LogP contribution is -2.28. The molecule has 0 aliphatic heterocycles. The number of H-pyrrole nitrogens is 1. The second-order valence-electron chi connectivity index (χ2n) is 8.06. The first-order chi connectivity index (χ1) is 15.6. The molecule has 2 aromatic carbocycles. The average molecular weight is 422 g/mol. The van der Waals surface area contributed by atoms with Crippen LogP contribution in [0.3, 0.4) is 0 Å². The summed E-state index contributed by atoms with van der Waals surface area (Å²) in [6.07, 6.45) is 2.68. The first kappa shape index (κ1) is 19.8. The number of pyridine rings is 1. The van der Waals surface area contributed by atoms with Crippen molar-refractivity contribution >= 4 is 39.6 Å². The molecule has 6 heteroatoms. The summed E-state index contributed by atoms with van der Waals surface area (Å²) >= 11 is 0. The van der Waals surface area contributed by atoms with E-state index >= 15 is 0 Å². The molecule has 32 heavy (non-hydrogen) atoms. The van der Waals surface area contributed by atoms with Crippen molar-refractivity contribution in [1.82, 2.24) is 9.55 Å². The fraction of sp³-hybridized carbons (Fsp3) is 0.192. The maximum atomic E-state index is 9.87. The number of aromatic amines is 1. The van der Waals surface area contributed by atoms with Gasteiger partial charge in [-0.05, 0) is 44.0 Å². The van der Waals surface area contributed by atoms with Crippen LogP contribution in [0.1, 0.15) is 34.9 Å². The number of hydrogen-bond acceptors (Lipinski definition) is 3. The van der Waals surface area contributed by atoms with E-state index in [2.05, 4.69) is 81.8 Å². The minimum absolute atomic E-state index is 0.664. The van der Waals surface area contributed by atoms with Gasteiger partial charge in [0.25, 0.3) is 5.82 Å². The molecule has 0 fully saturated rings. The molecule has 0 aliphatic rings. The van der Waals surface area contributed by atoms with Crippen LogP contribution in [0.25, 0.3) is 27.6 Å². The van der Waals surface area contributed by atoms with Crippen molar-refractivity contribution in [3.8, 4) is 6.07 Å². The first-order valence-electron chi connectivity index (χ1n) is 10.8. The summed E-state index contributed by atoms with van der Waals surface area (Å²) in [4.78, 5) is 3.42. The molecule has 0 aliphatic carbocycles. The highest BCUT2D eigenvalue weighted by atomic mass is 15.3. The van der Waals surface area contributed by atoms with Gasteiger partial charge in [-0.3, -0.25) is 4.98 Å². The molecule has 0 atom stereocenters. The standard InChI is InChI=1S/C26H24N6/c1-5-18-16(2)20(14-27)25-29-22-11-7-9-13-24(22)32(25)26(18)30-28-15-21-17(3)31(4)23-12-8-6-10-19(21)23/h6-13,15H,5H2,1-4H3,(H,29,30)/p+1. The molecule has 0 saturated heterocycles. The first-order valence-corrected chi connectivity index (χ1v) is 10.8. The van der Waals surface area contributed by atoms with Gasteiger partial charge in [0.05, 0.1) is 6.21 Å². The Morgan fingerprint density at radius 1 is 1.16 bits per heavy atom. The number of imidazole rings is 1. The minimum Gasteiger partial charge on any atom is -0.347 e. The molecule has 2 N–H and O–H groups in total. The van der Waals surface area contributed by atoms with Crippen LogP contribution in [0.5, 0.6) is 0 Å². The van der Waals surface area contributed by atoms with E-state index in [1.165, 1.54) is 10.9 Å². The molecule has 0 spiro atoms. The summed E-state index contributed by atoms with van der Waals surface area (Å²) in [5.41, 5.74) is 12.2. The molecule has 3 heterocycles. The van der Waals surface area contributed by atoms with Crippen molar-refractivity contribution in [1.29, 1.82) is 5.26 Å². The Morgan fingerprint density at radius 2 is 1.91 bits per heavy atom. The molecular weight excluding hydrogens is 396 g/mol. The summed E-state index contributed by atoms with van der Waals surface area (Å²) in [6, 6.07) is 18.8. The fourth-order valence-electron chi connectivity index (χ4n) is 4.68. The van der Waals surface area contributed by atoms with Gasteiger partial charge >= 0.3 is 0 Å². The third-order valence-corrected chi connectivity index (χ3v) is 6.47. The van der Waals surface area contributed by atoms with Gasteiger partial charge in [0.2, 0.25) is 5.65 Å². The summed E-state index contributed by atoms with van der Waals surface area (Å²) in [5.74, 6) is 0.880. The van der Waals surface area contributed by atoms with Crippen LogP contribution in [0.15, 0.2) is 53.6 Å². The molecular formula is C26H25N6+. The van der Waals surface area contributed by atoms with Gasteiger partial charge in [-0.1, -0.05) is 37.3 Å². The third kappa shape index (κ3) is 2.78. The minimum atomic E-state index is 0.664. The Bertz CT molecular complexity index is 1580. The van der Waals surface area contributed by atoms with Crippen LogP contribution in [-0.4, -0.2) is 15.8 Å². The second-order valence-corrected chi connectivity index (χ2v) is 8.06. The number of aromatic nitrogens is 3. The molecule has 0 bridgehead atoms. The molecule has 158 valence electrons. The van der Waals surface area contributed by atoms with E-state index in [0.717, 1.165) is 51.3 Å². The summed E-state index contributed by atoms with van der Waals surface area (Å²) in [5, 5.41) is 15.7. The Labute approximate surface area is 186 Å². The quantitative estimate of drug-likeness (QED) is 0.246. The van der Waals surface area contributed by atoms with Gasteiger partial charge < -0.3 is 4.57 Å². The number of rotatable bonds is 4. The average Bonchev–Trinajstić information content (AvgIpc) is 3.30. The van der Waals surface area contributed by atoms with Gasteiger partial charge in [-0.25, -0.2) is 0 Å². The molecule has 0 amide bonds. The number of nitriles is 1. The van der Waals surface area contributed by atoms with Crippen molar-refractivity contribution in [2.45, 2.75) is 27.2 Å². The summed E-state index contributed by atoms with van der Waals surface area (Å²) < 4.78 is 4.26. The van der Waals surface area contributed by atoms with Gasteiger partial charge in [-0.15, -0.1) is 5.10 Å². The molecule has 6 nitrogen and oxygen atoms in total. The highest BCUT2D eigenvalue weighted by Crippen LogP contribution is 2.26. The number of nitrogens with zero attached hydrogens (tertiary/aromatic N) is 4. The molecule has 0 saturated carbocycles. The molecule has 5 rings (SSSR count). The maximum absolute atomic E-state index is 9.87. The highest BCUT2D eigenvalue weighted by molar-refractivity contribution is 6.01. The van der Waals surface area contributed by atoms with Gasteiger partial charge in [0, 0.05) is 34.8 Å². The van der Waals surface area contributed by atoms with Crippen LogP contribution in [0, 0.1) is 25.2 Å².